The fraction of sp³-hybridized carbons (Fsp3) is 0.714. The van der Waals surface area contributed by atoms with Gasteiger partial charge in [0, 0.05) is 13.1 Å². The van der Waals surface area contributed by atoms with E-state index in [9.17, 15) is 29.1 Å². The first-order valence-corrected chi connectivity index (χ1v) is 11.9. The minimum atomic E-state index is -1.54. The number of carbonyl (C=O) groups is 5. The average molecular weight is 514 g/mol. The number of rotatable bonds is 16. The zero-order valence-corrected chi connectivity index (χ0v) is 20.4. The van der Waals surface area contributed by atoms with Crippen LogP contribution < -0.4 is 39.3 Å². The Kier molecular flexibility index (Phi) is 13.2. The summed E-state index contributed by atoms with van der Waals surface area (Å²) in [5.41, 5.74) is 27.1. The van der Waals surface area contributed by atoms with Crippen molar-refractivity contribution >= 4 is 35.6 Å². The second kappa shape index (κ2) is 15.5. The Bertz CT molecular complexity index is 818. The Balaban J connectivity index is 2.86. The van der Waals surface area contributed by atoms with E-state index in [0.717, 1.165) is 0 Å². The predicted octanol–water partition coefficient (Wildman–Crippen LogP) is -3.58. The van der Waals surface area contributed by atoms with Gasteiger partial charge in [-0.05, 0) is 51.5 Å². The van der Waals surface area contributed by atoms with Crippen LogP contribution in [-0.4, -0.2) is 89.4 Å². The van der Waals surface area contributed by atoms with Gasteiger partial charge in [0.2, 0.25) is 23.6 Å². The Morgan fingerprint density at radius 1 is 1.00 bits per heavy atom. The van der Waals surface area contributed by atoms with Gasteiger partial charge in [0.05, 0.1) is 12.5 Å². The maximum absolute atomic E-state index is 13.1. The summed E-state index contributed by atoms with van der Waals surface area (Å²) in [5.74, 6) is -4.12. The van der Waals surface area contributed by atoms with E-state index in [1.165, 1.54) is 4.90 Å². The predicted molar refractivity (Wildman–Crippen MR) is 131 cm³/mol. The van der Waals surface area contributed by atoms with Gasteiger partial charge >= 0.3 is 5.97 Å². The van der Waals surface area contributed by atoms with Gasteiger partial charge in [0.1, 0.15) is 18.1 Å². The highest BCUT2D eigenvalue weighted by Gasteiger charge is 2.37. The van der Waals surface area contributed by atoms with Gasteiger partial charge in [0.15, 0.2) is 5.96 Å². The van der Waals surface area contributed by atoms with E-state index >= 15 is 0 Å². The molecule has 0 aromatic heterocycles. The third-order valence-corrected chi connectivity index (χ3v) is 5.72. The molecule has 4 atom stereocenters. The first kappa shape index (κ1) is 30.6. The molecule has 1 saturated heterocycles. The second-order valence-corrected chi connectivity index (χ2v) is 8.66. The van der Waals surface area contributed by atoms with Crippen LogP contribution in [0.25, 0.3) is 0 Å². The molecule has 1 aliphatic rings. The molecule has 36 heavy (non-hydrogen) atoms. The van der Waals surface area contributed by atoms with Crippen molar-refractivity contribution < 1.29 is 29.1 Å². The summed E-state index contributed by atoms with van der Waals surface area (Å²) in [6.45, 7) is 1.02. The Morgan fingerprint density at radius 3 is 2.28 bits per heavy atom. The van der Waals surface area contributed by atoms with Crippen LogP contribution >= 0.6 is 0 Å². The van der Waals surface area contributed by atoms with Crippen LogP contribution in [-0.2, 0) is 24.0 Å². The summed E-state index contributed by atoms with van der Waals surface area (Å²) in [6, 6.07) is -4.30. The fourth-order valence-electron chi connectivity index (χ4n) is 3.86. The molecule has 1 fully saturated rings. The Labute approximate surface area is 209 Å². The van der Waals surface area contributed by atoms with Crippen molar-refractivity contribution in [3.05, 3.63) is 0 Å². The van der Waals surface area contributed by atoms with E-state index < -0.39 is 60.2 Å². The van der Waals surface area contributed by atoms with Crippen LogP contribution in [0.15, 0.2) is 4.99 Å². The number of primary amides is 1. The topological polar surface area (TPSA) is 275 Å². The summed E-state index contributed by atoms with van der Waals surface area (Å²) in [7, 11) is 0. The van der Waals surface area contributed by atoms with Crippen LogP contribution in [0.5, 0.6) is 0 Å². The van der Waals surface area contributed by atoms with Crippen molar-refractivity contribution in [2.45, 2.75) is 75.5 Å². The van der Waals surface area contributed by atoms with Crippen molar-refractivity contribution in [1.29, 1.82) is 0 Å². The van der Waals surface area contributed by atoms with Gasteiger partial charge in [0.25, 0.3) is 0 Å². The molecule has 1 aliphatic heterocycles. The smallest absolute Gasteiger partial charge is 0.326 e. The van der Waals surface area contributed by atoms with Crippen molar-refractivity contribution in [3.8, 4) is 0 Å². The highest BCUT2D eigenvalue weighted by Crippen LogP contribution is 2.20. The first-order valence-electron chi connectivity index (χ1n) is 11.9. The average Bonchev–Trinajstić information content (AvgIpc) is 3.29. The maximum atomic E-state index is 13.1. The molecular formula is C21H39N9O6. The molecule has 4 unspecified atom stereocenters. The molecule has 0 radical (unpaired) electrons. The van der Waals surface area contributed by atoms with Crippen molar-refractivity contribution in [3.63, 3.8) is 0 Å². The van der Waals surface area contributed by atoms with E-state index in [2.05, 4.69) is 15.6 Å². The third-order valence-electron chi connectivity index (χ3n) is 5.72. The maximum Gasteiger partial charge on any atom is 0.326 e. The molecule has 0 aromatic rings. The third kappa shape index (κ3) is 10.4. The van der Waals surface area contributed by atoms with Crippen LogP contribution in [0.2, 0.25) is 0 Å². The largest absolute Gasteiger partial charge is 0.480 e. The standard InChI is InChI=1S/C21H39N9O6/c22-8-2-1-6-13(17(32)29-14(20(35)36)11-16(24)31)28-18(33)15-7-4-10-30(15)19(34)12(23)5-3-9-27-21(25)26/h12-15H,1-11,22-23H2,(H2,24,31)(H,28,33)(H,29,32)(H,35,36)(H4,25,26,27). The van der Waals surface area contributed by atoms with Crippen LogP contribution in [0.1, 0.15) is 51.4 Å². The molecule has 1 heterocycles. The lowest BCUT2D eigenvalue weighted by molar-refractivity contribution is -0.144. The number of nitrogens with two attached hydrogens (primary N) is 5. The summed E-state index contributed by atoms with van der Waals surface area (Å²) >= 11 is 0. The van der Waals surface area contributed by atoms with E-state index in [1.54, 1.807) is 0 Å². The lowest BCUT2D eigenvalue weighted by atomic mass is 10.1. The number of carboxylic acid groups (broad SMARTS) is 1. The highest BCUT2D eigenvalue weighted by atomic mass is 16.4. The number of guanidine groups is 1. The van der Waals surface area contributed by atoms with Gasteiger partial charge in [-0.15, -0.1) is 0 Å². The number of aliphatic imine (C=N–C) groups is 1. The van der Waals surface area contributed by atoms with Crippen molar-refractivity contribution in [2.24, 2.45) is 33.7 Å². The van der Waals surface area contributed by atoms with E-state index in [-0.39, 0.29) is 12.4 Å². The van der Waals surface area contributed by atoms with Crippen molar-refractivity contribution in [2.75, 3.05) is 19.6 Å². The number of likely N-dealkylation sites (tertiary alicyclic amines) is 1. The molecule has 4 amide bonds. The molecule has 204 valence electrons. The van der Waals surface area contributed by atoms with E-state index in [1.807, 2.05) is 0 Å². The molecular weight excluding hydrogens is 474 g/mol. The van der Waals surface area contributed by atoms with Crippen molar-refractivity contribution in [1.82, 2.24) is 15.5 Å². The molecule has 0 bridgehead atoms. The van der Waals surface area contributed by atoms with Gasteiger partial charge in [-0.25, -0.2) is 4.79 Å². The number of aliphatic carboxylic acids is 1. The minimum absolute atomic E-state index is 0.0551. The highest BCUT2D eigenvalue weighted by molar-refractivity contribution is 5.95. The molecule has 0 spiro atoms. The number of hydrogen-bond donors (Lipinski definition) is 8. The van der Waals surface area contributed by atoms with Gasteiger partial charge in [-0.2, -0.15) is 0 Å². The lowest BCUT2D eigenvalue weighted by Gasteiger charge is -2.28. The van der Waals surface area contributed by atoms with Gasteiger partial charge in [-0.1, -0.05) is 0 Å². The molecule has 15 heteroatoms. The minimum Gasteiger partial charge on any atom is -0.480 e. The number of carboxylic acids is 1. The van der Waals surface area contributed by atoms with Crippen LogP contribution in [0, 0.1) is 0 Å². The quantitative estimate of drug-likeness (QED) is 0.0570. The monoisotopic (exact) mass is 513 g/mol. The first-order chi connectivity index (χ1) is 17.0. The zero-order valence-electron chi connectivity index (χ0n) is 20.4. The number of carbonyl (C=O) groups excluding carboxylic acids is 4. The van der Waals surface area contributed by atoms with Crippen LogP contribution in [0.4, 0.5) is 0 Å². The molecule has 0 aromatic carbocycles. The number of amides is 4. The van der Waals surface area contributed by atoms with Gasteiger partial charge in [-0.3, -0.25) is 24.2 Å². The van der Waals surface area contributed by atoms with Crippen LogP contribution in [0.3, 0.4) is 0 Å². The summed E-state index contributed by atoms with van der Waals surface area (Å²) < 4.78 is 0. The van der Waals surface area contributed by atoms with E-state index in [4.69, 9.17) is 28.7 Å². The number of unbranched alkanes of at least 4 members (excludes halogenated alkanes) is 1. The molecule has 1 rings (SSSR count). The Hall–Kier alpha value is -3.46. The molecule has 15 nitrogen and oxygen atoms in total. The second-order valence-electron chi connectivity index (χ2n) is 8.66. The summed E-state index contributed by atoms with van der Waals surface area (Å²) in [4.78, 5) is 66.5. The summed E-state index contributed by atoms with van der Waals surface area (Å²) in [5, 5.41) is 14.1. The van der Waals surface area contributed by atoms with Gasteiger partial charge < -0.3 is 49.3 Å². The number of hydrogen-bond acceptors (Lipinski definition) is 8. The molecule has 0 aliphatic carbocycles. The number of nitrogens with one attached hydrogen (secondary N) is 2. The SMILES string of the molecule is NCCCCC(NC(=O)C1CCCN1C(=O)C(N)CCCN=C(N)N)C(=O)NC(CC(N)=O)C(=O)O. The summed E-state index contributed by atoms with van der Waals surface area (Å²) in [6.07, 6.45) is 2.40. The Morgan fingerprint density at radius 2 is 1.69 bits per heavy atom. The van der Waals surface area contributed by atoms with E-state index in [0.29, 0.717) is 58.2 Å². The number of nitrogens with zero attached hydrogens (tertiary/aromatic N) is 2. The normalized spacial score (nSPS) is 17.5. The zero-order chi connectivity index (χ0) is 27.3. The fourth-order valence-corrected chi connectivity index (χ4v) is 3.86. The molecule has 0 saturated carbocycles. The lowest BCUT2D eigenvalue weighted by Crippen LogP contribution is -2.56. The molecule has 13 N–H and O–H groups in total.